The molecular weight excluding hydrogens is 236 g/mol. The molecule has 0 N–H and O–H groups in total. The van der Waals surface area contributed by atoms with Crippen molar-refractivity contribution in [2.75, 3.05) is 6.61 Å². The molecule has 6 heteroatoms. The lowest BCUT2D eigenvalue weighted by Gasteiger charge is -2.27. The summed E-state index contributed by atoms with van der Waals surface area (Å²) < 4.78 is 3.72. The Balaban J connectivity index is 2.19. The molecule has 2 aliphatic rings. The van der Waals surface area contributed by atoms with E-state index < -0.39 is 10.0 Å². The van der Waals surface area contributed by atoms with Gasteiger partial charge in [-0.25, -0.2) is 0 Å². The maximum atomic E-state index is 11.4. The molecule has 2 heterocycles. The Kier molecular flexibility index (Phi) is 2.39. The Morgan fingerprint density at radius 2 is 2.15 bits per heavy atom. The highest BCUT2D eigenvalue weighted by molar-refractivity contribution is 6.68. The molecule has 0 aliphatic carbocycles. The van der Waals surface area contributed by atoms with Gasteiger partial charge in [-0.1, -0.05) is 34.8 Å². The second-order valence-electron chi connectivity index (χ2n) is 3.22. The largest absolute Gasteiger partial charge is 0.352 e. The van der Waals surface area contributed by atoms with Crippen LogP contribution in [0.3, 0.4) is 0 Å². The van der Waals surface area contributed by atoms with Crippen LogP contribution in [0.5, 0.6) is 0 Å². The number of hydrogen-bond acceptors (Lipinski definition) is 2. The molecule has 2 rings (SSSR count). The summed E-state index contributed by atoms with van der Waals surface area (Å²) in [6.45, 7) is 0.477. The van der Waals surface area contributed by atoms with Crippen LogP contribution in [-0.2, 0) is 9.53 Å². The highest BCUT2D eigenvalue weighted by Crippen LogP contribution is 2.41. The minimum atomic E-state index is -1.55. The number of hydrogen-bond donors (Lipinski definition) is 0. The smallest absolute Gasteiger partial charge is 0.234 e. The minimum absolute atomic E-state index is 0.0128. The van der Waals surface area contributed by atoms with E-state index in [1.54, 1.807) is 4.90 Å². The van der Waals surface area contributed by atoms with Gasteiger partial charge in [0.2, 0.25) is 9.70 Å². The van der Waals surface area contributed by atoms with Crippen LogP contribution in [0.25, 0.3) is 0 Å². The van der Waals surface area contributed by atoms with E-state index in [9.17, 15) is 4.79 Å². The molecule has 0 aromatic heterocycles. The zero-order valence-electron chi connectivity index (χ0n) is 6.67. The molecule has 0 bridgehead atoms. The van der Waals surface area contributed by atoms with Gasteiger partial charge in [0.15, 0.2) is 6.23 Å². The van der Waals surface area contributed by atoms with Crippen molar-refractivity contribution in [3.05, 3.63) is 0 Å². The van der Waals surface area contributed by atoms with Gasteiger partial charge in [-0.3, -0.25) is 4.79 Å². The fourth-order valence-electron chi connectivity index (χ4n) is 1.78. The first-order chi connectivity index (χ1) is 6.00. The molecule has 0 unspecified atom stereocenters. The summed E-state index contributed by atoms with van der Waals surface area (Å²) in [6.07, 6.45) is 0.624. The Morgan fingerprint density at radius 1 is 1.46 bits per heavy atom. The summed E-state index contributed by atoms with van der Waals surface area (Å²) in [7, 11) is 0. The van der Waals surface area contributed by atoms with Crippen molar-refractivity contribution in [3.63, 3.8) is 0 Å². The summed E-state index contributed by atoms with van der Waals surface area (Å²) in [4.78, 5) is 12.9. The molecule has 0 spiro atoms. The zero-order valence-corrected chi connectivity index (χ0v) is 8.94. The average molecular weight is 245 g/mol. The molecular formula is C7H8Cl3NO2. The van der Waals surface area contributed by atoms with Crippen LogP contribution < -0.4 is 0 Å². The van der Waals surface area contributed by atoms with E-state index in [0.717, 1.165) is 6.42 Å². The highest BCUT2D eigenvalue weighted by Gasteiger charge is 2.50. The lowest BCUT2D eigenvalue weighted by atomic mass is 10.2. The van der Waals surface area contributed by atoms with Crippen LogP contribution in [0.1, 0.15) is 12.8 Å². The maximum Gasteiger partial charge on any atom is 0.234 e. The SMILES string of the molecule is O=C1CC[C@H]2CO[C@H](C(Cl)(Cl)Cl)N12. The van der Waals surface area contributed by atoms with Crippen molar-refractivity contribution in [1.82, 2.24) is 4.90 Å². The molecule has 3 nitrogen and oxygen atoms in total. The first-order valence-electron chi connectivity index (χ1n) is 3.99. The van der Waals surface area contributed by atoms with Crippen LogP contribution in [0.15, 0.2) is 0 Å². The molecule has 0 radical (unpaired) electrons. The summed E-state index contributed by atoms with van der Waals surface area (Å²) >= 11 is 17.0. The van der Waals surface area contributed by atoms with Crippen molar-refractivity contribution in [2.45, 2.75) is 28.9 Å². The number of halogens is 3. The van der Waals surface area contributed by atoms with E-state index in [-0.39, 0.29) is 11.9 Å². The first kappa shape index (κ1) is 9.84. The lowest BCUT2D eigenvalue weighted by Crippen LogP contribution is -2.43. The number of ether oxygens (including phenoxy) is 1. The zero-order chi connectivity index (χ0) is 9.64. The fourth-order valence-corrected chi connectivity index (χ4v) is 2.29. The van der Waals surface area contributed by atoms with Gasteiger partial charge in [0.05, 0.1) is 12.6 Å². The Labute approximate surface area is 90.9 Å². The van der Waals surface area contributed by atoms with E-state index in [4.69, 9.17) is 39.5 Å². The van der Waals surface area contributed by atoms with E-state index in [1.165, 1.54) is 0 Å². The molecule has 74 valence electrons. The van der Waals surface area contributed by atoms with Gasteiger partial charge in [-0.15, -0.1) is 0 Å². The first-order valence-corrected chi connectivity index (χ1v) is 5.13. The third-order valence-corrected chi connectivity index (χ3v) is 2.91. The number of rotatable bonds is 0. The Morgan fingerprint density at radius 3 is 2.77 bits per heavy atom. The molecule has 2 aliphatic heterocycles. The summed E-state index contributed by atoms with van der Waals surface area (Å²) in [5.41, 5.74) is 0. The third kappa shape index (κ3) is 1.63. The van der Waals surface area contributed by atoms with Crippen LogP contribution in [-0.4, -0.2) is 33.5 Å². The van der Waals surface area contributed by atoms with Gasteiger partial charge < -0.3 is 9.64 Å². The van der Waals surface area contributed by atoms with Crippen LogP contribution in [0, 0.1) is 0 Å². The molecule has 2 fully saturated rings. The van der Waals surface area contributed by atoms with Crippen LogP contribution >= 0.6 is 34.8 Å². The van der Waals surface area contributed by atoms with Crippen molar-refractivity contribution >= 4 is 40.7 Å². The van der Waals surface area contributed by atoms with Crippen molar-refractivity contribution in [3.8, 4) is 0 Å². The number of carbonyl (C=O) groups is 1. The Bertz CT molecular complexity index is 240. The normalized spacial score (nSPS) is 34.1. The van der Waals surface area contributed by atoms with E-state index in [0.29, 0.717) is 13.0 Å². The second-order valence-corrected chi connectivity index (χ2v) is 5.59. The second kappa shape index (κ2) is 3.16. The van der Waals surface area contributed by atoms with Gasteiger partial charge >= 0.3 is 0 Å². The van der Waals surface area contributed by atoms with Crippen LogP contribution in [0.2, 0.25) is 0 Å². The predicted octanol–water partition coefficient (Wildman–Crippen LogP) is 1.70. The molecule has 0 aromatic rings. The molecule has 2 atom stereocenters. The number of amides is 1. The van der Waals surface area contributed by atoms with Gasteiger partial charge in [0.25, 0.3) is 0 Å². The van der Waals surface area contributed by atoms with Gasteiger partial charge in [0, 0.05) is 6.42 Å². The monoisotopic (exact) mass is 243 g/mol. The summed E-state index contributed by atoms with van der Waals surface area (Å²) in [5.74, 6) is 0.0128. The Hall–Kier alpha value is 0.300. The van der Waals surface area contributed by atoms with Crippen molar-refractivity contribution in [1.29, 1.82) is 0 Å². The van der Waals surface area contributed by atoms with Gasteiger partial charge in [0.1, 0.15) is 0 Å². The fraction of sp³-hybridized carbons (Fsp3) is 0.857. The number of carbonyl (C=O) groups excluding carboxylic acids is 1. The summed E-state index contributed by atoms with van der Waals surface area (Å²) in [6, 6.07) is 0.105. The van der Waals surface area contributed by atoms with Crippen molar-refractivity contribution in [2.24, 2.45) is 0 Å². The third-order valence-electron chi connectivity index (χ3n) is 2.35. The van der Waals surface area contributed by atoms with Gasteiger partial charge in [-0.2, -0.15) is 0 Å². The van der Waals surface area contributed by atoms with Crippen LogP contribution in [0.4, 0.5) is 0 Å². The quantitative estimate of drug-likeness (QED) is 0.607. The molecule has 0 saturated carbocycles. The van der Waals surface area contributed by atoms with E-state index in [1.807, 2.05) is 0 Å². The number of fused-ring (bicyclic) bond motifs is 1. The minimum Gasteiger partial charge on any atom is -0.352 e. The van der Waals surface area contributed by atoms with E-state index in [2.05, 4.69) is 0 Å². The molecule has 2 saturated heterocycles. The van der Waals surface area contributed by atoms with Crippen molar-refractivity contribution < 1.29 is 9.53 Å². The molecule has 1 amide bonds. The topological polar surface area (TPSA) is 29.5 Å². The standard InChI is InChI=1S/C7H8Cl3NO2/c8-7(9,10)6-11-4(3-13-6)1-2-5(11)12/h4,6H,1-3H2/t4-,6+/m0/s1. The number of alkyl halides is 3. The number of nitrogens with zero attached hydrogens (tertiary/aromatic N) is 1. The lowest BCUT2D eigenvalue weighted by molar-refractivity contribution is -0.133. The predicted molar refractivity (Wildman–Crippen MR) is 49.9 cm³/mol. The van der Waals surface area contributed by atoms with Gasteiger partial charge in [-0.05, 0) is 6.42 Å². The average Bonchev–Trinajstić information content (AvgIpc) is 2.51. The highest BCUT2D eigenvalue weighted by atomic mass is 35.6. The molecule has 13 heavy (non-hydrogen) atoms. The molecule has 0 aromatic carbocycles. The van der Waals surface area contributed by atoms with E-state index >= 15 is 0 Å². The summed E-state index contributed by atoms with van der Waals surface area (Å²) in [5, 5.41) is 0. The maximum absolute atomic E-state index is 11.4.